The number of hydrogen-bond acceptors (Lipinski definition) is 3. The van der Waals surface area contributed by atoms with Gasteiger partial charge in [0.15, 0.2) is 6.17 Å². The second-order valence-corrected chi connectivity index (χ2v) is 6.55. The fourth-order valence-corrected chi connectivity index (χ4v) is 3.23. The summed E-state index contributed by atoms with van der Waals surface area (Å²) in [5.41, 5.74) is -0.133. The molecule has 1 amide bonds. The van der Waals surface area contributed by atoms with Gasteiger partial charge in [-0.15, -0.1) is 0 Å². The third-order valence-electron chi connectivity index (χ3n) is 3.98. The summed E-state index contributed by atoms with van der Waals surface area (Å²) in [5.74, 6) is -0.777. The van der Waals surface area contributed by atoms with E-state index >= 15 is 0 Å². The number of amides is 1. The molecule has 3 atom stereocenters. The largest absolute Gasteiger partial charge is 0.444 e. The van der Waals surface area contributed by atoms with E-state index in [2.05, 4.69) is 4.98 Å². The summed E-state index contributed by atoms with van der Waals surface area (Å²) in [6, 6.07) is 0.592. The Labute approximate surface area is 122 Å². The second-order valence-electron chi connectivity index (χ2n) is 6.55. The van der Waals surface area contributed by atoms with Crippen molar-refractivity contribution in [3.05, 3.63) is 29.3 Å². The maximum atomic E-state index is 14.6. The highest BCUT2D eigenvalue weighted by molar-refractivity contribution is 5.71. The minimum absolute atomic E-state index is 0.00445. The van der Waals surface area contributed by atoms with Gasteiger partial charge in [0.2, 0.25) is 5.95 Å². The maximum Gasteiger partial charge on any atom is 0.411 e. The molecular weight excluding hydrogens is 278 g/mol. The average molecular weight is 296 g/mol. The molecule has 0 radical (unpaired) electrons. The van der Waals surface area contributed by atoms with Gasteiger partial charge in [-0.25, -0.2) is 14.2 Å². The van der Waals surface area contributed by atoms with Crippen molar-refractivity contribution in [3.8, 4) is 0 Å². The van der Waals surface area contributed by atoms with Gasteiger partial charge in [-0.05, 0) is 45.2 Å². The molecule has 0 N–H and O–H groups in total. The molecule has 1 aromatic heterocycles. The highest BCUT2D eigenvalue weighted by Crippen LogP contribution is 2.50. The number of rotatable bonds is 0. The fraction of sp³-hybridized carbons (Fsp3) is 0.600. The van der Waals surface area contributed by atoms with Crippen molar-refractivity contribution in [1.82, 2.24) is 9.88 Å². The Morgan fingerprint density at radius 1 is 1.43 bits per heavy atom. The van der Waals surface area contributed by atoms with Gasteiger partial charge < -0.3 is 4.74 Å². The number of carbonyl (C=O) groups excluding carboxylic acids is 1. The van der Waals surface area contributed by atoms with Crippen molar-refractivity contribution >= 4 is 6.09 Å². The van der Waals surface area contributed by atoms with Gasteiger partial charge in [-0.3, -0.25) is 4.90 Å². The first-order valence-corrected chi connectivity index (χ1v) is 7.09. The Balaban J connectivity index is 1.99. The predicted octanol–water partition coefficient (Wildman–Crippen LogP) is 3.69. The molecule has 0 aromatic carbocycles. The van der Waals surface area contributed by atoms with Crippen molar-refractivity contribution in [3.63, 3.8) is 0 Å². The lowest BCUT2D eigenvalue weighted by atomic mass is 9.93. The molecule has 3 unspecified atom stereocenters. The van der Waals surface area contributed by atoms with Crippen LogP contribution >= 0.6 is 0 Å². The second kappa shape index (κ2) is 4.64. The quantitative estimate of drug-likeness (QED) is 0.686. The van der Waals surface area contributed by atoms with Crippen LogP contribution in [-0.2, 0) is 4.74 Å². The topological polar surface area (TPSA) is 42.4 Å². The third-order valence-corrected chi connectivity index (χ3v) is 3.98. The van der Waals surface area contributed by atoms with E-state index in [0.717, 1.165) is 0 Å². The molecule has 2 bridgehead atoms. The lowest BCUT2D eigenvalue weighted by Gasteiger charge is -2.38. The molecule has 2 aliphatic heterocycles. The molecule has 0 aliphatic carbocycles. The molecule has 0 saturated carbocycles. The number of ether oxygens (including phenoxy) is 1. The molecule has 3 heterocycles. The number of fused-ring (bicyclic) bond motifs is 4. The minimum Gasteiger partial charge on any atom is -0.444 e. The Morgan fingerprint density at radius 2 is 2.14 bits per heavy atom. The van der Waals surface area contributed by atoms with E-state index in [-0.39, 0.29) is 11.6 Å². The third kappa shape index (κ3) is 2.26. The lowest BCUT2D eigenvalue weighted by Crippen LogP contribution is -2.46. The minimum atomic E-state index is -1.56. The smallest absolute Gasteiger partial charge is 0.411 e. The van der Waals surface area contributed by atoms with Crippen molar-refractivity contribution in [1.29, 1.82) is 0 Å². The summed E-state index contributed by atoms with van der Waals surface area (Å²) in [7, 11) is 0. The van der Waals surface area contributed by atoms with Crippen LogP contribution in [0.25, 0.3) is 0 Å². The van der Waals surface area contributed by atoms with E-state index in [4.69, 9.17) is 4.74 Å². The van der Waals surface area contributed by atoms with Gasteiger partial charge in [0.05, 0.1) is 12.1 Å². The first kappa shape index (κ1) is 14.2. The standard InChI is InChI=1S/C15H18F2N2O2/c1-15(2,3)21-14(20)19-9-4-5-10(19)12(16)11-8(9)6-7-18-13(11)17/h6-7,9-10,12H,4-5H2,1-3H3. The van der Waals surface area contributed by atoms with Gasteiger partial charge in [-0.2, -0.15) is 4.39 Å². The normalized spacial score (nSPS) is 27.5. The highest BCUT2D eigenvalue weighted by atomic mass is 19.1. The van der Waals surface area contributed by atoms with Crippen LogP contribution in [0.4, 0.5) is 13.6 Å². The molecule has 2 aliphatic rings. The van der Waals surface area contributed by atoms with Crippen LogP contribution in [-0.4, -0.2) is 27.6 Å². The van der Waals surface area contributed by atoms with E-state index in [9.17, 15) is 13.6 Å². The summed E-state index contributed by atoms with van der Waals surface area (Å²) < 4.78 is 33.8. The van der Waals surface area contributed by atoms with E-state index in [1.54, 1.807) is 26.8 Å². The number of nitrogens with zero attached hydrogens (tertiary/aromatic N) is 2. The number of halogens is 2. The van der Waals surface area contributed by atoms with Gasteiger partial charge in [0, 0.05) is 11.8 Å². The number of aromatic nitrogens is 1. The molecule has 6 heteroatoms. The molecule has 21 heavy (non-hydrogen) atoms. The van der Waals surface area contributed by atoms with Crippen LogP contribution in [0.2, 0.25) is 0 Å². The molecule has 1 aromatic rings. The van der Waals surface area contributed by atoms with Gasteiger partial charge in [0.1, 0.15) is 5.60 Å². The molecule has 3 rings (SSSR count). The number of alkyl halides is 1. The van der Waals surface area contributed by atoms with Crippen LogP contribution in [0.5, 0.6) is 0 Å². The first-order valence-electron chi connectivity index (χ1n) is 7.09. The zero-order chi connectivity index (χ0) is 15.4. The van der Waals surface area contributed by atoms with Crippen molar-refractivity contribution in [2.45, 2.75) is 57.5 Å². The number of hydrogen-bond donors (Lipinski definition) is 0. The summed E-state index contributed by atoms with van der Waals surface area (Å²) >= 11 is 0. The predicted molar refractivity (Wildman–Crippen MR) is 71.9 cm³/mol. The maximum absolute atomic E-state index is 14.6. The summed E-state index contributed by atoms with van der Waals surface area (Å²) in [6.07, 6.45) is 0.327. The van der Waals surface area contributed by atoms with Gasteiger partial charge in [0.25, 0.3) is 0 Å². The van der Waals surface area contributed by atoms with Crippen LogP contribution in [0, 0.1) is 5.95 Å². The van der Waals surface area contributed by atoms with Crippen molar-refractivity contribution < 1.29 is 18.3 Å². The van der Waals surface area contributed by atoms with Crippen LogP contribution in [0.3, 0.4) is 0 Å². The Hall–Kier alpha value is -1.72. The molecule has 114 valence electrons. The van der Waals surface area contributed by atoms with E-state index in [1.165, 1.54) is 11.1 Å². The fourth-order valence-electron chi connectivity index (χ4n) is 3.23. The van der Waals surface area contributed by atoms with Gasteiger partial charge in [-0.1, -0.05) is 0 Å². The molecular formula is C15H18F2N2O2. The Bertz CT molecular complexity index is 586. The van der Waals surface area contributed by atoms with Crippen molar-refractivity contribution in [2.24, 2.45) is 0 Å². The molecule has 4 nitrogen and oxygen atoms in total. The number of carbonyl (C=O) groups is 1. The summed E-state index contributed by atoms with van der Waals surface area (Å²) in [4.78, 5) is 17.3. The van der Waals surface area contributed by atoms with Crippen LogP contribution in [0.15, 0.2) is 12.3 Å². The monoisotopic (exact) mass is 296 g/mol. The highest BCUT2D eigenvalue weighted by Gasteiger charge is 2.50. The lowest BCUT2D eigenvalue weighted by molar-refractivity contribution is 0.000755. The Morgan fingerprint density at radius 3 is 2.81 bits per heavy atom. The molecule has 1 fully saturated rings. The first-order chi connectivity index (χ1) is 9.79. The Kier molecular flexibility index (Phi) is 3.15. The zero-order valence-electron chi connectivity index (χ0n) is 12.3. The van der Waals surface area contributed by atoms with E-state index in [0.29, 0.717) is 18.4 Å². The van der Waals surface area contributed by atoms with Crippen LogP contribution < -0.4 is 0 Å². The molecule has 0 spiro atoms. The summed E-state index contributed by atoms with van der Waals surface area (Å²) in [5, 5.41) is 0. The van der Waals surface area contributed by atoms with Crippen molar-refractivity contribution in [2.75, 3.05) is 0 Å². The van der Waals surface area contributed by atoms with E-state index < -0.39 is 29.9 Å². The SMILES string of the molecule is CC(C)(C)OC(=O)N1C2CCC1C(F)c1c2ccnc1F. The average Bonchev–Trinajstić information content (AvgIpc) is 2.74. The summed E-state index contributed by atoms with van der Waals surface area (Å²) in [6.45, 7) is 5.30. The van der Waals surface area contributed by atoms with Crippen LogP contribution in [0.1, 0.15) is 57.0 Å². The zero-order valence-corrected chi connectivity index (χ0v) is 12.3. The molecule has 1 saturated heterocycles. The number of pyridine rings is 1. The van der Waals surface area contributed by atoms with Gasteiger partial charge >= 0.3 is 6.09 Å². The van der Waals surface area contributed by atoms with E-state index in [1.807, 2.05) is 0 Å².